The number of carbonyl (C=O) groups is 2. The summed E-state index contributed by atoms with van der Waals surface area (Å²) in [7, 11) is 0. The number of amides is 2. The molecular weight excluding hydrogens is 369 g/mol. The van der Waals surface area contributed by atoms with Crippen LogP contribution in [-0.4, -0.2) is 36.4 Å². The minimum atomic E-state index is -0.611. The Bertz CT molecular complexity index is 517. The van der Waals surface area contributed by atoms with Gasteiger partial charge in [0.2, 0.25) is 11.8 Å². The van der Waals surface area contributed by atoms with Gasteiger partial charge in [-0.2, -0.15) is 11.8 Å². The predicted molar refractivity (Wildman–Crippen MR) is 96.3 cm³/mol. The van der Waals surface area contributed by atoms with Gasteiger partial charge in [-0.1, -0.05) is 23.2 Å². The molecule has 4 N–H and O–H groups in total. The molecule has 124 valence electrons. The van der Waals surface area contributed by atoms with Crippen molar-refractivity contribution in [2.45, 2.75) is 12.5 Å². The zero-order valence-corrected chi connectivity index (χ0v) is 15.0. The highest BCUT2D eigenvalue weighted by Crippen LogP contribution is 2.25. The monoisotopic (exact) mass is 385 g/mol. The van der Waals surface area contributed by atoms with Gasteiger partial charge >= 0.3 is 0 Å². The van der Waals surface area contributed by atoms with E-state index in [4.69, 9.17) is 28.9 Å². The summed E-state index contributed by atoms with van der Waals surface area (Å²) < 4.78 is 0. The smallest absolute Gasteiger partial charge is 0.243 e. The quantitative estimate of drug-likeness (QED) is 0.672. The van der Waals surface area contributed by atoms with Crippen molar-refractivity contribution in [3.63, 3.8) is 0 Å². The number of nitrogens with two attached hydrogens (primary N) is 1. The second kappa shape index (κ2) is 11.0. The molecule has 0 spiro atoms. The lowest BCUT2D eigenvalue weighted by molar-refractivity contribution is -0.125. The molecule has 5 nitrogen and oxygen atoms in total. The molecule has 0 saturated carbocycles. The molecule has 0 bridgehead atoms. The average Bonchev–Trinajstić information content (AvgIpc) is 2.46. The molecule has 22 heavy (non-hydrogen) atoms. The Kier molecular flexibility index (Phi) is 10.6. The van der Waals surface area contributed by atoms with Crippen LogP contribution in [-0.2, 0) is 9.59 Å². The number of benzene rings is 1. The first-order valence-electron chi connectivity index (χ1n) is 6.21. The molecule has 1 atom stereocenters. The van der Waals surface area contributed by atoms with E-state index in [0.29, 0.717) is 22.2 Å². The molecule has 1 aromatic rings. The first kappa shape index (κ1) is 21.3. The normalized spacial score (nSPS) is 11.3. The molecule has 0 aliphatic carbocycles. The van der Waals surface area contributed by atoms with Crippen molar-refractivity contribution < 1.29 is 9.59 Å². The lowest BCUT2D eigenvalue weighted by Gasteiger charge is -2.12. The van der Waals surface area contributed by atoms with Gasteiger partial charge in [-0.15, -0.1) is 12.4 Å². The summed E-state index contributed by atoms with van der Waals surface area (Å²) in [5, 5.41) is 5.89. The average molecular weight is 387 g/mol. The van der Waals surface area contributed by atoms with Crippen molar-refractivity contribution in [2.75, 3.05) is 23.9 Å². The van der Waals surface area contributed by atoms with Gasteiger partial charge in [-0.3, -0.25) is 9.59 Å². The van der Waals surface area contributed by atoms with Crippen LogP contribution < -0.4 is 16.4 Å². The highest BCUT2D eigenvalue weighted by atomic mass is 35.5. The van der Waals surface area contributed by atoms with Crippen LogP contribution in [0.1, 0.15) is 6.42 Å². The summed E-state index contributed by atoms with van der Waals surface area (Å²) in [4.78, 5) is 23.4. The molecule has 0 unspecified atom stereocenters. The zero-order chi connectivity index (χ0) is 15.8. The number of halogens is 3. The topological polar surface area (TPSA) is 84.2 Å². The van der Waals surface area contributed by atoms with Gasteiger partial charge < -0.3 is 16.4 Å². The first-order chi connectivity index (χ1) is 9.93. The molecule has 0 aliphatic heterocycles. The Morgan fingerprint density at radius 1 is 1.36 bits per heavy atom. The second-order valence-corrected chi connectivity index (χ2v) is 6.11. The van der Waals surface area contributed by atoms with E-state index in [2.05, 4.69) is 10.6 Å². The van der Waals surface area contributed by atoms with Crippen molar-refractivity contribution >= 4 is 64.9 Å². The lowest BCUT2D eigenvalue weighted by Crippen LogP contribution is -2.43. The third-order valence-electron chi connectivity index (χ3n) is 2.60. The second-order valence-electron chi connectivity index (χ2n) is 4.28. The van der Waals surface area contributed by atoms with Crippen LogP contribution in [0.3, 0.4) is 0 Å². The Hall–Kier alpha value is -0.660. The van der Waals surface area contributed by atoms with Gasteiger partial charge in [0.25, 0.3) is 0 Å². The third-order valence-corrected chi connectivity index (χ3v) is 3.80. The number of nitrogens with one attached hydrogen (secondary N) is 2. The number of anilines is 1. The van der Waals surface area contributed by atoms with E-state index >= 15 is 0 Å². The standard InChI is InChI=1S/C13H17Cl2N3O2S.ClH/c1-21-5-4-10(16)13(20)17-7-12(19)18-11-6-8(14)2-3-9(11)15;/h2-3,6,10H,4-5,7,16H2,1H3,(H,17,20)(H,18,19);1H/t10-;/m0./s1. The van der Waals surface area contributed by atoms with Crippen molar-refractivity contribution in [2.24, 2.45) is 5.73 Å². The van der Waals surface area contributed by atoms with E-state index in [-0.39, 0.29) is 24.9 Å². The summed E-state index contributed by atoms with van der Waals surface area (Å²) in [5.41, 5.74) is 6.09. The molecule has 1 aromatic carbocycles. The van der Waals surface area contributed by atoms with Gasteiger partial charge in [0.15, 0.2) is 0 Å². The van der Waals surface area contributed by atoms with E-state index in [9.17, 15) is 9.59 Å². The molecule has 2 amide bonds. The molecule has 0 fully saturated rings. The third kappa shape index (κ3) is 7.56. The molecule has 0 saturated heterocycles. The molecule has 0 radical (unpaired) electrons. The number of carbonyl (C=O) groups excluding carboxylic acids is 2. The molecule has 1 rings (SSSR count). The van der Waals surface area contributed by atoms with E-state index < -0.39 is 11.9 Å². The predicted octanol–water partition coefficient (Wildman–Crippen LogP) is 2.55. The van der Waals surface area contributed by atoms with Crippen LogP contribution in [0, 0.1) is 0 Å². The van der Waals surface area contributed by atoms with E-state index in [1.807, 2.05) is 6.26 Å². The number of thioether (sulfide) groups is 1. The molecular formula is C13H18Cl3N3O2S. The van der Waals surface area contributed by atoms with Crippen LogP contribution in [0.15, 0.2) is 18.2 Å². The minimum Gasteiger partial charge on any atom is -0.346 e. The van der Waals surface area contributed by atoms with E-state index in [0.717, 1.165) is 5.75 Å². The van der Waals surface area contributed by atoms with Gasteiger partial charge in [-0.25, -0.2) is 0 Å². The lowest BCUT2D eigenvalue weighted by atomic mass is 10.2. The van der Waals surface area contributed by atoms with Gasteiger partial charge in [0, 0.05) is 5.02 Å². The van der Waals surface area contributed by atoms with Gasteiger partial charge in [-0.05, 0) is 36.6 Å². The van der Waals surface area contributed by atoms with Gasteiger partial charge in [0.05, 0.1) is 23.3 Å². The van der Waals surface area contributed by atoms with Crippen molar-refractivity contribution in [1.82, 2.24) is 5.32 Å². The highest BCUT2D eigenvalue weighted by Gasteiger charge is 2.14. The summed E-state index contributed by atoms with van der Waals surface area (Å²) in [5.74, 6) is 0.0415. The maximum atomic E-state index is 11.7. The van der Waals surface area contributed by atoms with E-state index in [1.165, 1.54) is 6.07 Å². The zero-order valence-electron chi connectivity index (χ0n) is 11.9. The molecule has 0 heterocycles. The maximum absolute atomic E-state index is 11.7. The Labute approximate surface area is 150 Å². The van der Waals surface area contributed by atoms with Crippen LogP contribution >= 0.6 is 47.4 Å². The molecule has 0 aliphatic rings. The SMILES string of the molecule is CSCC[C@H](N)C(=O)NCC(=O)Nc1cc(Cl)ccc1Cl.Cl. The minimum absolute atomic E-state index is 0. The maximum Gasteiger partial charge on any atom is 0.243 e. The summed E-state index contributed by atoms with van der Waals surface area (Å²) >= 11 is 13.4. The Morgan fingerprint density at radius 2 is 2.05 bits per heavy atom. The van der Waals surface area contributed by atoms with E-state index in [1.54, 1.807) is 23.9 Å². The van der Waals surface area contributed by atoms with Crippen LogP contribution in [0.2, 0.25) is 10.0 Å². The number of hydrogen-bond donors (Lipinski definition) is 3. The summed E-state index contributed by atoms with van der Waals surface area (Å²) in [6.07, 6.45) is 2.50. The van der Waals surface area contributed by atoms with Crippen molar-refractivity contribution in [1.29, 1.82) is 0 Å². The summed E-state index contributed by atoms with van der Waals surface area (Å²) in [6.45, 7) is -0.172. The fourth-order valence-corrected chi connectivity index (χ4v) is 2.29. The van der Waals surface area contributed by atoms with Crippen LogP contribution in [0.5, 0.6) is 0 Å². The van der Waals surface area contributed by atoms with Crippen LogP contribution in [0.25, 0.3) is 0 Å². The Morgan fingerprint density at radius 3 is 2.68 bits per heavy atom. The largest absolute Gasteiger partial charge is 0.346 e. The summed E-state index contributed by atoms with van der Waals surface area (Å²) in [6, 6.07) is 4.12. The first-order valence-corrected chi connectivity index (χ1v) is 8.36. The Balaban J connectivity index is 0.00000441. The molecule has 0 aromatic heterocycles. The van der Waals surface area contributed by atoms with Crippen LogP contribution in [0.4, 0.5) is 5.69 Å². The fraction of sp³-hybridized carbons (Fsp3) is 0.385. The highest BCUT2D eigenvalue weighted by molar-refractivity contribution is 7.98. The number of rotatable bonds is 7. The number of hydrogen-bond acceptors (Lipinski definition) is 4. The van der Waals surface area contributed by atoms with Crippen molar-refractivity contribution in [3.05, 3.63) is 28.2 Å². The fourth-order valence-electron chi connectivity index (χ4n) is 1.46. The van der Waals surface area contributed by atoms with Gasteiger partial charge in [0.1, 0.15) is 0 Å². The molecule has 9 heteroatoms. The van der Waals surface area contributed by atoms with Crippen molar-refractivity contribution in [3.8, 4) is 0 Å².